The van der Waals surface area contributed by atoms with Gasteiger partial charge in [-0.25, -0.2) is 0 Å². The van der Waals surface area contributed by atoms with Gasteiger partial charge in [0.25, 0.3) is 11.7 Å². The van der Waals surface area contributed by atoms with Crippen molar-refractivity contribution in [2.24, 2.45) is 0 Å². The van der Waals surface area contributed by atoms with Crippen molar-refractivity contribution in [3.8, 4) is 0 Å². The fraction of sp³-hybridized carbons (Fsp3) is 0.300. The summed E-state index contributed by atoms with van der Waals surface area (Å²) in [7, 11) is 0. The van der Waals surface area contributed by atoms with E-state index in [-0.39, 0.29) is 17.4 Å². The van der Waals surface area contributed by atoms with Gasteiger partial charge in [-0.15, -0.1) is 10.2 Å². The molecular formula is C20H19F2N5O2S3. The normalized spacial score (nSPS) is 13.7. The Morgan fingerprint density at radius 1 is 1.19 bits per heavy atom. The quantitative estimate of drug-likeness (QED) is 0.314. The van der Waals surface area contributed by atoms with Crippen molar-refractivity contribution >= 4 is 57.4 Å². The summed E-state index contributed by atoms with van der Waals surface area (Å²) in [5.74, 6) is -2.47. The maximum atomic E-state index is 12.5. The molecule has 0 radical (unpaired) electrons. The summed E-state index contributed by atoms with van der Waals surface area (Å²) in [6.45, 7) is 1.51. The highest BCUT2D eigenvalue weighted by Crippen LogP contribution is 2.30. The Morgan fingerprint density at radius 3 is 2.66 bits per heavy atom. The number of aromatic nitrogens is 3. The molecule has 1 aliphatic rings. The van der Waals surface area contributed by atoms with E-state index in [0.29, 0.717) is 43.1 Å². The van der Waals surface area contributed by atoms with Crippen LogP contribution in [-0.2, 0) is 0 Å². The van der Waals surface area contributed by atoms with Gasteiger partial charge in [0, 0.05) is 35.4 Å². The van der Waals surface area contributed by atoms with Crippen LogP contribution in [0.1, 0.15) is 33.7 Å². The standard InChI is InChI=1S/C20H19F2N5O2S3/c21-18(22)31-14-5-3-13(4-6-14)24-19-25-26-20(32-19)30-11-16(28)12-9-15(23-10-12)17(29)27-7-1-2-8-27/h3-6,9-10,18,23H,1-2,7-8,11H2,(H,24,25). The number of hydrogen-bond donors (Lipinski definition) is 2. The lowest BCUT2D eigenvalue weighted by Gasteiger charge is -2.13. The highest BCUT2D eigenvalue weighted by atomic mass is 32.2. The van der Waals surface area contributed by atoms with Crippen LogP contribution in [0.3, 0.4) is 0 Å². The largest absolute Gasteiger partial charge is 0.356 e. The number of halogens is 2. The third-order valence-electron chi connectivity index (χ3n) is 4.69. The molecule has 0 spiro atoms. The number of Topliss-reactive ketones (excluding diaryl/α,β-unsaturated/α-hetero) is 1. The number of rotatable bonds is 9. The van der Waals surface area contributed by atoms with Crippen molar-refractivity contribution in [2.75, 3.05) is 24.2 Å². The second-order valence-electron chi connectivity index (χ2n) is 6.91. The average Bonchev–Trinajstić information content (AvgIpc) is 3.54. The van der Waals surface area contributed by atoms with E-state index in [1.165, 1.54) is 23.1 Å². The molecule has 32 heavy (non-hydrogen) atoms. The molecule has 7 nitrogen and oxygen atoms in total. The molecule has 3 heterocycles. The number of alkyl halides is 2. The first-order valence-corrected chi connectivity index (χ1v) is 12.5. The van der Waals surface area contributed by atoms with Gasteiger partial charge in [-0.05, 0) is 43.2 Å². The molecule has 0 unspecified atom stereocenters. The van der Waals surface area contributed by atoms with E-state index in [1.54, 1.807) is 41.4 Å². The van der Waals surface area contributed by atoms with Crippen molar-refractivity contribution in [1.82, 2.24) is 20.1 Å². The molecule has 0 atom stereocenters. The van der Waals surface area contributed by atoms with E-state index in [2.05, 4.69) is 20.5 Å². The molecule has 1 saturated heterocycles. The van der Waals surface area contributed by atoms with E-state index >= 15 is 0 Å². The van der Waals surface area contributed by atoms with Crippen LogP contribution in [0.2, 0.25) is 0 Å². The Labute approximate surface area is 195 Å². The van der Waals surface area contributed by atoms with Crippen LogP contribution in [0.5, 0.6) is 0 Å². The second kappa shape index (κ2) is 10.5. The van der Waals surface area contributed by atoms with Crippen molar-refractivity contribution in [3.05, 3.63) is 47.8 Å². The number of aromatic amines is 1. The number of carbonyl (C=O) groups excluding carboxylic acids is 2. The Balaban J connectivity index is 1.28. The fourth-order valence-electron chi connectivity index (χ4n) is 3.14. The van der Waals surface area contributed by atoms with Crippen molar-refractivity contribution in [2.45, 2.75) is 27.8 Å². The lowest BCUT2D eigenvalue weighted by atomic mass is 10.2. The zero-order valence-corrected chi connectivity index (χ0v) is 19.2. The molecule has 2 N–H and O–H groups in total. The Hall–Kier alpha value is -2.44. The second-order valence-corrected chi connectivity index (χ2v) is 10.2. The summed E-state index contributed by atoms with van der Waals surface area (Å²) in [6, 6.07) is 8.19. The van der Waals surface area contributed by atoms with Gasteiger partial charge in [0.15, 0.2) is 10.1 Å². The number of carbonyl (C=O) groups is 2. The summed E-state index contributed by atoms with van der Waals surface area (Å²) < 4.78 is 25.4. The smallest absolute Gasteiger partial charge is 0.288 e. The van der Waals surface area contributed by atoms with Gasteiger partial charge in [-0.2, -0.15) is 8.78 Å². The number of nitrogens with zero attached hydrogens (tertiary/aromatic N) is 3. The zero-order chi connectivity index (χ0) is 22.5. The van der Waals surface area contributed by atoms with Crippen LogP contribution in [-0.4, -0.2) is 56.4 Å². The third kappa shape index (κ3) is 5.87. The van der Waals surface area contributed by atoms with Gasteiger partial charge in [0.05, 0.1) is 5.75 Å². The van der Waals surface area contributed by atoms with Gasteiger partial charge < -0.3 is 15.2 Å². The molecule has 1 aliphatic heterocycles. The molecule has 0 bridgehead atoms. The lowest BCUT2D eigenvalue weighted by molar-refractivity contribution is 0.0787. The van der Waals surface area contributed by atoms with Crippen molar-refractivity contribution in [1.29, 1.82) is 0 Å². The predicted octanol–water partition coefficient (Wildman–Crippen LogP) is 5.14. The molecule has 1 aromatic carbocycles. The van der Waals surface area contributed by atoms with Crippen LogP contribution >= 0.6 is 34.9 Å². The summed E-state index contributed by atoms with van der Waals surface area (Å²) in [4.78, 5) is 30.1. The van der Waals surface area contributed by atoms with Gasteiger partial charge >= 0.3 is 0 Å². The van der Waals surface area contributed by atoms with E-state index in [9.17, 15) is 18.4 Å². The number of likely N-dealkylation sites (tertiary alicyclic amines) is 1. The number of hydrogen-bond acceptors (Lipinski definition) is 8. The number of H-pyrrole nitrogens is 1. The fourth-order valence-corrected chi connectivity index (χ4v) is 5.31. The molecule has 0 saturated carbocycles. The molecule has 12 heteroatoms. The minimum absolute atomic E-state index is 0.0742. The highest BCUT2D eigenvalue weighted by molar-refractivity contribution is 8.01. The topological polar surface area (TPSA) is 91.0 Å². The van der Waals surface area contributed by atoms with Gasteiger partial charge in [-0.1, -0.05) is 34.9 Å². The lowest BCUT2D eigenvalue weighted by Crippen LogP contribution is -2.27. The summed E-state index contributed by atoms with van der Waals surface area (Å²) in [6.07, 6.45) is 3.59. The van der Waals surface area contributed by atoms with Crippen LogP contribution in [0.25, 0.3) is 0 Å². The van der Waals surface area contributed by atoms with Crippen LogP contribution < -0.4 is 5.32 Å². The van der Waals surface area contributed by atoms with Gasteiger partial charge in [-0.3, -0.25) is 9.59 Å². The van der Waals surface area contributed by atoms with Crippen molar-refractivity contribution < 1.29 is 18.4 Å². The predicted molar refractivity (Wildman–Crippen MR) is 122 cm³/mol. The maximum Gasteiger partial charge on any atom is 0.288 e. The van der Waals surface area contributed by atoms with Crippen LogP contribution in [0.4, 0.5) is 19.6 Å². The average molecular weight is 496 g/mol. The minimum atomic E-state index is -2.46. The van der Waals surface area contributed by atoms with Gasteiger partial charge in [0.2, 0.25) is 5.13 Å². The number of anilines is 2. The molecule has 2 aromatic heterocycles. The summed E-state index contributed by atoms with van der Waals surface area (Å²) in [5, 5.41) is 11.7. The first-order chi connectivity index (χ1) is 15.5. The Morgan fingerprint density at radius 2 is 1.94 bits per heavy atom. The SMILES string of the molecule is O=C(CSc1nnc(Nc2ccc(SC(F)F)cc2)s1)c1c[nH]c(C(=O)N2CCCC2)c1. The monoisotopic (exact) mass is 495 g/mol. The molecule has 1 amide bonds. The van der Waals surface area contributed by atoms with E-state index in [0.717, 1.165) is 25.9 Å². The van der Waals surface area contributed by atoms with Crippen molar-refractivity contribution in [3.63, 3.8) is 0 Å². The van der Waals surface area contributed by atoms with E-state index in [1.807, 2.05) is 0 Å². The van der Waals surface area contributed by atoms with Gasteiger partial charge in [0.1, 0.15) is 5.69 Å². The van der Waals surface area contributed by atoms with E-state index in [4.69, 9.17) is 0 Å². The third-order valence-corrected chi connectivity index (χ3v) is 7.39. The molecule has 0 aliphatic carbocycles. The highest BCUT2D eigenvalue weighted by Gasteiger charge is 2.22. The Kier molecular flexibility index (Phi) is 7.43. The minimum Gasteiger partial charge on any atom is -0.356 e. The number of thioether (sulfide) groups is 2. The summed E-state index contributed by atoms with van der Waals surface area (Å²) >= 11 is 3.05. The number of amides is 1. The number of ketones is 1. The van der Waals surface area contributed by atoms with Crippen LogP contribution in [0.15, 0.2) is 45.8 Å². The summed E-state index contributed by atoms with van der Waals surface area (Å²) in [5.41, 5.74) is 1.60. The molecule has 4 rings (SSSR count). The molecule has 1 fully saturated rings. The Bertz CT molecular complexity index is 1080. The van der Waals surface area contributed by atoms with Crippen LogP contribution in [0, 0.1) is 0 Å². The maximum absolute atomic E-state index is 12.5. The first-order valence-electron chi connectivity index (χ1n) is 9.77. The molecule has 168 valence electrons. The molecular weight excluding hydrogens is 476 g/mol. The zero-order valence-electron chi connectivity index (χ0n) is 16.7. The first kappa shape index (κ1) is 22.7. The molecule has 3 aromatic rings. The number of benzene rings is 1. The number of nitrogens with one attached hydrogen (secondary N) is 2. The van der Waals surface area contributed by atoms with E-state index < -0.39 is 5.76 Å².